The van der Waals surface area contributed by atoms with Crippen LogP contribution in [-0.4, -0.2) is 52.5 Å². The third kappa shape index (κ3) is 5.18. The molecule has 8 nitrogen and oxygen atoms in total. The number of amides is 1. The van der Waals surface area contributed by atoms with E-state index in [2.05, 4.69) is 5.10 Å². The van der Waals surface area contributed by atoms with Crippen molar-refractivity contribution in [1.82, 2.24) is 19.1 Å². The number of nitrogens with zero attached hydrogens (tertiary/aromatic N) is 5. The van der Waals surface area contributed by atoms with Gasteiger partial charge in [-0.15, -0.1) is 0 Å². The highest BCUT2D eigenvalue weighted by molar-refractivity contribution is 7.89. The first-order valence-corrected chi connectivity index (χ1v) is 14.8. The Labute approximate surface area is 221 Å². The molecule has 0 bridgehead atoms. The Kier molecular flexibility index (Phi) is 7.15. The minimum atomic E-state index is -3.61. The number of para-hydroxylation sites is 1. The van der Waals surface area contributed by atoms with Gasteiger partial charge in [0.25, 0.3) is 5.91 Å². The van der Waals surface area contributed by atoms with Crippen LogP contribution in [0, 0.1) is 13.8 Å². The molecule has 194 valence electrons. The van der Waals surface area contributed by atoms with Crippen molar-refractivity contribution < 1.29 is 13.2 Å². The number of carbonyl (C=O) groups excluding carboxylic acids is 1. The summed E-state index contributed by atoms with van der Waals surface area (Å²) in [6.07, 6.45) is 2.77. The molecule has 1 saturated heterocycles. The quantitative estimate of drug-likeness (QED) is 0.330. The minimum absolute atomic E-state index is 0.0241. The number of sulfonamides is 1. The van der Waals surface area contributed by atoms with Crippen LogP contribution in [0.5, 0.6) is 0 Å². The molecule has 1 fully saturated rings. The molecule has 0 saturated carbocycles. The molecule has 37 heavy (non-hydrogen) atoms. The van der Waals surface area contributed by atoms with Gasteiger partial charge in [0.2, 0.25) is 10.0 Å². The summed E-state index contributed by atoms with van der Waals surface area (Å²) in [4.78, 5) is 20.3. The number of aryl methyl sites for hydroxylation is 2. The van der Waals surface area contributed by atoms with Crippen molar-refractivity contribution in [2.45, 2.75) is 57.5 Å². The van der Waals surface area contributed by atoms with Crippen molar-refractivity contribution in [1.29, 1.82) is 0 Å². The predicted molar refractivity (Wildman–Crippen MR) is 147 cm³/mol. The molecule has 2 aromatic heterocycles. The highest BCUT2D eigenvalue weighted by Crippen LogP contribution is 2.30. The standard InChI is InChI=1S/C27H31N5O3S2/c1-19-18-21(3)31(29-19)17-16-30(27-28-24-9-4-5-10-25(24)36-27)26(33)22-11-13-23(14-12-22)37(34,35)32-15-7-6-8-20(32)2/h4-5,9-14,18,20H,6-8,15-17H2,1-3H3. The normalized spacial score (nSPS) is 16.8. The van der Waals surface area contributed by atoms with Gasteiger partial charge in [-0.25, -0.2) is 13.4 Å². The Morgan fingerprint density at radius 3 is 2.54 bits per heavy atom. The molecule has 1 amide bonds. The van der Waals surface area contributed by atoms with Crippen LogP contribution in [0.25, 0.3) is 10.2 Å². The average Bonchev–Trinajstić information content (AvgIpc) is 3.46. The maximum Gasteiger partial charge on any atom is 0.260 e. The molecule has 5 rings (SSSR count). The van der Waals surface area contributed by atoms with Crippen molar-refractivity contribution in [2.75, 3.05) is 18.0 Å². The zero-order valence-electron chi connectivity index (χ0n) is 21.3. The first kappa shape index (κ1) is 25.6. The van der Waals surface area contributed by atoms with E-state index in [-0.39, 0.29) is 16.8 Å². The lowest BCUT2D eigenvalue weighted by atomic mass is 10.1. The summed E-state index contributed by atoms with van der Waals surface area (Å²) in [7, 11) is -3.61. The van der Waals surface area contributed by atoms with Gasteiger partial charge in [0.15, 0.2) is 5.13 Å². The number of fused-ring (bicyclic) bond motifs is 1. The van der Waals surface area contributed by atoms with E-state index in [0.717, 1.165) is 40.9 Å². The number of rotatable bonds is 7. The molecule has 1 aliphatic heterocycles. The van der Waals surface area contributed by atoms with Gasteiger partial charge in [0.05, 0.1) is 27.4 Å². The Bertz CT molecular complexity index is 1490. The highest BCUT2D eigenvalue weighted by Gasteiger charge is 2.31. The van der Waals surface area contributed by atoms with E-state index in [0.29, 0.717) is 30.3 Å². The van der Waals surface area contributed by atoms with Crippen molar-refractivity contribution >= 4 is 42.6 Å². The number of carbonyl (C=O) groups is 1. The van der Waals surface area contributed by atoms with E-state index in [9.17, 15) is 13.2 Å². The van der Waals surface area contributed by atoms with E-state index >= 15 is 0 Å². The number of piperidine rings is 1. The van der Waals surface area contributed by atoms with Gasteiger partial charge in [0.1, 0.15) is 0 Å². The fraction of sp³-hybridized carbons (Fsp3) is 0.370. The molecule has 0 aliphatic carbocycles. The van der Waals surface area contributed by atoms with Gasteiger partial charge in [-0.1, -0.05) is 29.9 Å². The molecule has 0 spiro atoms. The monoisotopic (exact) mass is 537 g/mol. The lowest BCUT2D eigenvalue weighted by molar-refractivity contribution is 0.0985. The van der Waals surface area contributed by atoms with E-state index in [4.69, 9.17) is 4.98 Å². The predicted octanol–water partition coefficient (Wildman–Crippen LogP) is 5.02. The second kappa shape index (κ2) is 10.4. The van der Waals surface area contributed by atoms with Crippen molar-refractivity contribution in [3.8, 4) is 0 Å². The zero-order valence-corrected chi connectivity index (χ0v) is 22.9. The van der Waals surface area contributed by atoms with Crippen LogP contribution >= 0.6 is 11.3 Å². The minimum Gasteiger partial charge on any atom is -0.282 e. The lowest BCUT2D eigenvalue weighted by Crippen LogP contribution is -2.41. The number of hydrogen-bond donors (Lipinski definition) is 0. The molecule has 1 aliphatic rings. The molecule has 3 heterocycles. The Morgan fingerprint density at radius 1 is 1.11 bits per heavy atom. The Balaban J connectivity index is 1.43. The zero-order chi connectivity index (χ0) is 26.2. The molecule has 0 radical (unpaired) electrons. The van der Waals surface area contributed by atoms with E-state index < -0.39 is 10.0 Å². The molecule has 2 aromatic carbocycles. The Hall–Kier alpha value is -3.08. The van der Waals surface area contributed by atoms with Gasteiger partial charge < -0.3 is 0 Å². The second-order valence-corrected chi connectivity index (χ2v) is 12.5. The third-order valence-corrected chi connectivity index (χ3v) is 9.93. The first-order valence-electron chi connectivity index (χ1n) is 12.5. The summed E-state index contributed by atoms with van der Waals surface area (Å²) in [5.74, 6) is -0.226. The smallest absolute Gasteiger partial charge is 0.260 e. The molecular weight excluding hydrogens is 506 g/mol. The first-order chi connectivity index (χ1) is 17.7. The number of benzene rings is 2. The van der Waals surface area contributed by atoms with Gasteiger partial charge in [-0.3, -0.25) is 14.4 Å². The van der Waals surface area contributed by atoms with E-state index in [1.54, 1.807) is 33.5 Å². The third-order valence-electron chi connectivity index (χ3n) is 6.85. The molecule has 4 aromatic rings. The largest absolute Gasteiger partial charge is 0.282 e. The summed E-state index contributed by atoms with van der Waals surface area (Å²) in [5.41, 5.74) is 3.20. The molecular formula is C27H31N5O3S2. The van der Waals surface area contributed by atoms with Crippen LogP contribution in [0.2, 0.25) is 0 Å². The van der Waals surface area contributed by atoms with Crippen LogP contribution in [0.3, 0.4) is 0 Å². The number of anilines is 1. The number of hydrogen-bond acceptors (Lipinski definition) is 6. The second-order valence-electron chi connectivity index (χ2n) is 9.56. The van der Waals surface area contributed by atoms with Gasteiger partial charge in [0, 0.05) is 30.4 Å². The van der Waals surface area contributed by atoms with Crippen molar-refractivity contribution in [3.05, 3.63) is 71.5 Å². The van der Waals surface area contributed by atoms with Crippen LogP contribution in [0.1, 0.15) is 47.9 Å². The maximum atomic E-state index is 13.8. The number of aromatic nitrogens is 3. The summed E-state index contributed by atoms with van der Waals surface area (Å²) >= 11 is 1.46. The summed E-state index contributed by atoms with van der Waals surface area (Å²) in [5, 5.41) is 5.13. The van der Waals surface area contributed by atoms with Crippen LogP contribution in [-0.2, 0) is 16.6 Å². The topological polar surface area (TPSA) is 88.4 Å². The van der Waals surface area contributed by atoms with Crippen LogP contribution in [0.4, 0.5) is 5.13 Å². The molecule has 1 unspecified atom stereocenters. The summed E-state index contributed by atoms with van der Waals surface area (Å²) in [6.45, 7) is 7.31. The van der Waals surface area contributed by atoms with E-state index in [1.807, 2.05) is 55.8 Å². The average molecular weight is 538 g/mol. The van der Waals surface area contributed by atoms with Crippen LogP contribution < -0.4 is 4.90 Å². The molecule has 10 heteroatoms. The fourth-order valence-electron chi connectivity index (χ4n) is 4.85. The Morgan fingerprint density at radius 2 is 1.86 bits per heavy atom. The van der Waals surface area contributed by atoms with Crippen LogP contribution in [0.15, 0.2) is 59.5 Å². The highest BCUT2D eigenvalue weighted by atomic mass is 32.2. The lowest BCUT2D eigenvalue weighted by Gasteiger charge is -2.32. The summed E-state index contributed by atoms with van der Waals surface area (Å²) < 4.78 is 30.9. The number of thiazole rings is 1. The molecule has 1 atom stereocenters. The fourth-order valence-corrected chi connectivity index (χ4v) is 7.53. The summed E-state index contributed by atoms with van der Waals surface area (Å²) in [6, 6.07) is 16.1. The maximum absolute atomic E-state index is 13.8. The van der Waals surface area contributed by atoms with E-state index in [1.165, 1.54) is 11.3 Å². The van der Waals surface area contributed by atoms with Crippen molar-refractivity contribution in [3.63, 3.8) is 0 Å². The van der Waals surface area contributed by atoms with Gasteiger partial charge in [-0.2, -0.15) is 9.40 Å². The SMILES string of the molecule is Cc1cc(C)n(CCN(C(=O)c2ccc(S(=O)(=O)N3CCCCC3C)cc2)c2nc3ccccc3s2)n1. The van der Waals surface area contributed by atoms with Crippen molar-refractivity contribution in [2.24, 2.45) is 0 Å². The van der Waals surface area contributed by atoms with Gasteiger partial charge >= 0.3 is 0 Å². The van der Waals surface area contributed by atoms with Gasteiger partial charge in [-0.05, 0) is 76.1 Å². The molecule has 0 N–H and O–H groups in total.